The molecule has 0 aliphatic heterocycles. The van der Waals surface area contributed by atoms with E-state index < -0.39 is 0 Å². The summed E-state index contributed by atoms with van der Waals surface area (Å²) >= 11 is 0. The Morgan fingerprint density at radius 3 is 2.76 bits per heavy atom. The molecule has 0 aromatic heterocycles. The molecule has 0 aromatic carbocycles. The molecule has 1 saturated carbocycles. The number of esters is 1. The van der Waals surface area contributed by atoms with Crippen molar-refractivity contribution >= 4 is 5.97 Å². The Bertz CT molecular complexity index is 308. The number of hydrogen-bond acceptors (Lipinski definition) is 2. The van der Waals surface area contributed by atoms with Crippen molar-refractivity contribution < 1.29 is 9.53 Å². The Labute approximate surface area is 104 Å². The van der Waals surface area contributed by atoms with Gasteiger partial charge in [0.05, 0.1) is 12.5 Å². The van der Waals surface area contributed by atoms with Crippen molar-refractivity contribution in [3.63, 3.8) is 0 Å². The Kier molecular flexibility index (Phi) is 3.90. The van der Waals surface area contributed by atoms with Gasteiger partial charge >= 0.3 is 5.97 Å². The molecule has 2 nitrogen and oxygen atoms in total. The van der Waals surface area contributed by atoms with E-state index in [1.807, 2.05) is 6.92 Å². The van der Waals surface area contributed by atoms with Crippen LogP contribution in [0, 0.1) is 29.6 Å². The lowest BCUT2D eigenvalue weighted by Gasteiger charge is -2.41. The molecule has 0 N–H and O–H groups in total. The third-order valence-electron chi connectivity index (χ3n) is 4.47. The maximum atomic E-state index is 12.1. The summed E-state index contributed by atoms with van der Waals surface area (Å²) in [5.74, 6) is 2.38. The Morgan fingerprint density at radius 2 is 2.06 bits per heavy atom. The highest BCUT2D eigenvalue weighted by Gasteiger charge is 2.41. The number of fused-ring (bicyclic) bond motifs is 1. The standard InChI is InChI=1S/C15H24O2/c1-4-17-15(16)14-11(3)6-7-12-9-10(2)5-8-13(12)14/h6-7,10-14H,4-5,8-9H2,1-3H3/t10-,11-,12-,13-,14-/m1/s1. The monoisotopic (exact) mass is 236 g/mol. The van der Waals surface area contributed by atoms with E-state index in [0.29, 0.717) is 24.4 Å². The predicted octanol–water partition coefficient (Wildman–Crippen LogP) is 3.42. The fourth-order valence-corrected chi connectivity index (χ4v) is 3.57. The van der Waals surface area contributed by atoms with Crippen LogP contribution in [-0.2, 0) is 9.53 Å². The number of rotatable bonds is 2. The van der Waals surface area contributed by atoms with Crippen molar-refractivity contribution in [2.45, 2.75) is 40.0 Å². The average Bonchev–Trinajstić information content (AvgIpc) is 2.29. The first-order valence-corrected chi connectivity index (χ1v) is 6.98. The van der Waals surface area contributed by atoms with Crippen molar-refractivity contribution in [2.75, 3.05) is 6.61 Å². The van der Waals surface area contributed by atoms with Crippen molar-refractivity contribution in [2.24, 2.45) is 29.6 Å². The van der Waals surface area contributed by atoms with Crippen LogP contribution in [0.2, 0.25) is 0 Å². The van der Waals surface area contributed by atoms with Crippen molar-refractivity contribution in [1.29, 1.82) is 0 Å². The zero-order valence-corrected chi connectivity index (χ0v) is 11.2. The molecular weight excluding hydrogens is 212 g/mol. The number of carbonyl (C=O) groups excluding carboxylic acids is 1. The first-order valence-electron chi connectivity index (χ1n) is 6.98. The van der Waals surface area contributed by atoms with Crippen LogP contribution in [0.25, 0.3) is 0 Å². The average molecular weight is 236 g/mol. The largest absolute Gasteiger partial charge is 0.466 e. The summed E-state index contributed by atoms with van der Waals surface area (Å²) in [5, 5.41) is 0. The van der Waals surface area contributed by atoms with Crippen LogP contribution >= 0.6 is 0 Å². The summed E-state index contributed by atoms with van der Waals surface area (Å²) < 4.78 is 5.25. The Balaban J connectivity index is 2.14. The van der Waals surface area contributed by atoms with Crippen LogP contribution in [0.5, 0.6) is 0 Å². The topological polar surface area (TPSA) is 26.3 Å². The minimum Gasteiger partial charge on any atom is -0.466 e. The van der Waals surface area contributed by atoms with Crippen molar-refractivity contribution in [3.05, 3.63) is 12.2 Å². The summed E-state index contributed by atoms with van der Waals surface area (Å²) in [6.45, 7) is 6.86. The quantitative estimate of drug-likeness (QED) is 0.542. The van der Waals surface area contributed by atoms with E-state index in [9.17, 15) is 4.79 Å². The zero-order valence-electron chi connectivity index (χ0n) is 11.2. The number of allylic oxidation sites excluding steroid dienone is 2. The zero-order chi connectivity index (χ0) is 12.4. The number of carbonyl (C=O) groups is 1. The highest BCUT2D eigenvalue weighted by Crippen LogP contribution is 2.44. The summed E-state index contributed by atoms with van der Waals surface area (Å²) in [6, 6.07) is 0. The van der Waals surface area contributed by atoms with Gasteiger partial charge in [0.2, 0.25) is 0 Å². The molecule has 0 unspecified atom stereocenters. The summed E-state index contributed by atoms with van der Waals surface area (Å²) in [6.07, 6.45) is 8.26. The lowest BCUT2D eigenvalue weighted by atomic mass is 9.63. The van der Waals surface area contributed by atoms with Crippen LogP contribution in [-0.4, -0.2) is 12.6 Å². The third kappa shape index (κ3) is 2.56. The maximum absolute atomic E-state index is 12.1. The van der Waals surface area contributed by atoms with Gasteiger partial charge < -0.3 is 4.74 Å². The second kappa shape index (κ2) is 5.24. The van der Waals surface area contributed by atoms with E-state index in [1.165, 1.54) is 19.3 Å². The van der Waals surface area contributed by atoms with Gasteiger partial charge in [-0.1, -0.05) is 32.4 Å². The van der Waals surface area contributed by atoms with Gasteiger partial charge in [-0.05, 0) is 43.4 Å². The van der Waals surface area contributed by atoms with Crippen molar-refractivity contribution in [3.8, 4) is 0 Å². The van der Waals surface area contributed by atoms with Gasteiger partial charge in [-0.2, -0.15) is 0 Å². The van der Waals surface area contributed by atoms with Crippen LogP contribution in [0.4, 0.5) is 0 Å². The molecule has 0 spiro atoms. The summed E-state index contributed by atoms with van der Waals surface area (Å²) in [4.78, 5) is 12.1. The number of ether oxygens (including phenoxy) is 1. The molecule has 17 heavy (non-hydrogen) atoms. The van der Waals surface area contributed by atoms with Crippen LogP contribution in [0.1, 0.15) is 40.0 Å². The van der Waals surface area contributed by atoms with E-state index in [0.717, 1.165) is 5.92 Å². The molecule has 0 amide bonds. The van der Waals surface area contributed by atoms with Crippen LogP contribution in [0.3, 0.4) is 0 Å². The van der Waals surface area contributed by atoms with Gasteiger partial charge in [0.15, 0.2) is 0 Å². The Hall–Kier alpha value is -0.790. The summed E-state index contributed by atoms with van der Waals surface area (Å²) in [7, 11) is 0. The smallest absolute Gasteiger partial charge is 0.309 e. The van der Waals surface area contributed by atoms with Crippen LogP contribution < -0.4 is 0 Å². The van der Waals surface area contributed by atoms with Gasteiger partial charge in [0, 0.05) is 0 Å². The lowest BCUT2D eigenvalue weighted by molar-refractivity contribution is -0.153. The first-order chi connectivity index (χ1) is 8.13. The molecule has 2 rings (SSSR count). The number of hydrogen-bond donors (Lipinski definition) is 0. The van der Waals surface area contributed by atoms with Gasteiger partial charge in [0.1, 0.15) is 0 Å². The fourth-order valence-electron chi connectivity index (χ4n) is 3.57. The molecule has 0 saturated heterocycles. The molecule has 2 aliphatic carbocycles. The van der Waals surface area contributed by atoms with Crippen LogP contribution in [0.15, 0.2) is 12.2 Å². The van der Waals surface area contributed by atoms with E-state index in [1.54, 1.807) is 0 Å². The van der Waals surface area contributed by atoms with Gasteiger partial charge in [0.25, 0.3) is 0 Å². The normalized spacial score (nSPS) is 40.8. The first kappa shape index (κ1) is 12.7. The lowest BCUT2D eigenvalue weighted by Crippen LogP contribution is -2.39. The van der Waals surface area contributed by atoms with E-state index in [2.05, 4.69) is 26.0 Å². The molecule has 0 radical (unpaired) electrons. The molecule has 5 atom stereocenters. The van der Waals surface area contributed by atoms with Gasteiger partial charge in [-0.15, -0.1) is 0 Å². The molecule has 0 aromatic rings. The molecule has 2 heteroatoms. The Morgan fingerprint density at radius 1 is 1.29 bits per heavy atom. The van der Waals surface area contributed by atoms with E-state index in [4.69, 9.17) is 4.74 Å². The van der Waals surface area contributed by atoms with E-state index in [-0.39, 0.29) is 11.9 Å². The van der Waals surface area contributed by atoms with Gasteiger partial charge in [-0.25, -0.2) is 0 Å². The maximum Gasteiger partial charge on any atom is 0.309 e. The molecule has 1 fully saturated rings. The fraction of sp³-hybridized carbons (Fsp3) is 0.800. The third-order valence-corrected chi connectivity index (χ3v) is 4.47. The predicted molar refractivity (Wildman–Crippen MR) is 68.4 cm³/mol. The SMILES string of the molecule is CCOC(=O)[C@H]1[C@@H]2CC[C@@H](C)C[C@H]2C=C[C@H]1C. The summed E-state index contributed by atoms with van der Waals surface area (Å²) in [5.41, 5.74) is 0. The van der Waals surface area contributed by atoms with Crippen molar-refractivity contribution in [1.82, 2.24) is 0 Å². The van der Waals surface area contributed by atoms with E-state index >= 15 is 0 Å². The minimum absolute atomic E-state index is 0.0221. The molecule has 0 bridgehead atoms. The molecule has 2 aliphatic rings. The second-order valence-electron chi connectivity index (χ2n) is 5.77. The second-order valence-corrected chi connectivity index (χ2v) is 5.77. The molecule has 96 valence electrons. The van der Waals surface area contributed by atoms with Gasteiger partial charge in [-0.3, -0.25) is 4.79 Å². The minimum atomic E-state index is 0.0221. The highest BCUT2D eigenvalue weighted by molar-refractivity contribution is 5.73. The highest BCUT2D eigenvalue weighted by atomic mass is 16.5. The molecule has 0 heterocycles. The molecular formula is C15H24O2.